The molecule has 2 aromatic heterocycles. The van der Waals surface area contributed by atoms with Crippen LogP contribution in [0.3, 0.4) is 0 Å². The monoisotopic (exact) mass is 368 g/mol. The predicted octanol–water partition coefficient (Wildman–Crippen LogP) is 3.51. The normalized spacial score (nSPS) is 11.9. The van der Waals surface area contributed by atoms with Crippen molar-refractivity contribution >= 4 is 23.0 Å². The smallest absolute Gasteiger partial charge is 0.223 e. The molecule has 0 spiro atoms. The van der Waals surface area contributed by atoms with Gasteiger partial charge < -0.3 is 4.90 Å². The summed E-state index contributed by atoms with van der Waals surface area (Å²) in [6.07, 6.45) is 3.58. The number of carbonyl (C=O) groups is 2. The molecule has 1 aromatic carbocycles. The molecule has 1 atom stereocenters. The van der Waals surface area contributed by atoms with E-state index in [1.54, 1.807) is 29.0 Å². The molecule has 2 heterocycles. The van der Waals surface area contributed by atoms with E-state index in [9.17, 15) is 9.59 Å². The van der Waals surface area contributed by atoms with Gasteiger partial charge in [-0.2, -0.15) is 5.10 Å². The van der Waals surface area contributed by atoms with Crippen molar-refractivity contribution < 1.29 is 9.59 Å². The SMILES string of the molecule is C[C@@H](c1ccc(-n2cncn2)cc1)N(C)C(=O)CCC(=O)c1cccs1. The quantitative estimate of drug-likeness (QED) is 0.599. The highest BCUT2D eigenvalue weighted by Crippen LogP contribution is 2.21. The number of amides is 1. The third kappa shape index (κ3) is 4.05. The Morgan fingerprint density at radius 1 is 1.19 bits per heavy atom. The van der Waals surface area contributed by atoms with E-state index in [0.29, 0.717) is 4.88 Å². The topological polar surface area (TPSA) is 68.1 Å². The zero-order valence-electron chi connectivity index (χ0n) is 14.7. The van der Waals surface area contributed by atoms with Crippen LogP contribution in [0.5, 0.6) is 0 Å². The number of nitrogens with zero attached hydrogens (tertiary/aromatic N) is 4. The predicted molar refractivity (Wildman–Crippen MR) is 100 cm³/mol. The fourth-order valence-electron chi connectivity index (χ4n) is 2.64. The third-order valence-corrected chi connectivity index (χ3v) is 5.31. The molecule has 0 aliphatic carbocycles. The molecule has 7 heteroatoms. The van der Waals surface area contributed by atoms with Crippen LogP contribution in [0.2, 0.25) is 0 Å². The zero-order valence-corrected chi connectivity index (χ0v) is 15.5. The number of Topliss-reactive ketones (excluding diaryl/α,β-unsaturated/α-hetero) is 1. The third-order valence-electron chi connectivity index (χ3n) is 4.40. The van der Waals surface area contributed by atoms with Gasteiger partial charge >= 0.3 is 0 Å². The molecule has 0 unspecified atom stereocenters. The fraction of sp³-hybridized carbons (Fsp3) is 0.263. The molecule has 1 amide bonds. The maximum absolute atomic E-state index is 12.4. The van der Waals surface area contributed by atoms with Gasteiger partial charge in [0.05, 0.1) is 16.6 Å². The number of aromatic nitrogens is 3. The van der Waals surface area contributed by atoms with Gasteiger partial charge in [0.2, 0.25) is 5.91 Å². The number of benzene rings is 1. The summed E-state index contributed by atoms with van der Waals surface area (Å²) in [6.45, 7) is 1.98. The van der Waals surface area contributed by atoms with Crippen molar-refractivity contribution in [2.24, 2.45) is 0 Å². The highest BCUT2D eigenvalue weighted by molar-refractivity contribution is 7.12. The number of ketones is 1. The molecule has 134 valence electrons. The second-order valence-electron chi connectivity index (χ2n) is 6.01. The Morgan fingerprint density at radius 2 is 1.96 bits per heavy atom. The molecule has 0 aliphatic rings. The van der Waals surface area contributed by atoms with Crippen molar-refractivity contribution in [2.45, 2.75) is 25.8 Å². The van der Waals surface area contributed by atoms with Gasteiger partial charge in [-0.1, -0.05) is 18.2 Å². The first-order chi connectivity index (χ1) is 12.6. The van der Waals surface area contributed by atoms with E-state index in [1.807, 2.05) is 42.6 Å². The number of rotatable bonds is 7. The van der Waals surface area contributed by atoms with Crippen LogP contribution in [0.25, 0.3) is 5.69 Å². The Labute approximate surface area is 156 Å². The van der Waals surface area contributed by atoms with Crippen LogP contribution in [0.15, 0.2) is 54.4 Å². The Bertz CT molecular complexity index is 858. The van der Waals surface area contributed by atoms with Gasteiger partial charge in [0.25, 0.3) is 0 Å². The van der Waals surface area contributed by atoms with Crippen molar-refractivity contribution in [3.63, 3.8) is 0 Å². The summed E-state index contributed by atoms with van der Waals surface area (Å²) in [7, 11) is 1.77. The maximum atomic E-state index is 12.4. The van der Waals surface area contributed by atoms with Crippen molar-refractivity contribution in [3.8, 4) is 5.69 Å². The van der Waals surface area contributed by atoms with E-state index in [4.69, 9.17) is 0 Å². The van der Waals surface area contributed by atoms with Gasteiger partial charge in [-0.15, -0.1) is 11.3 Å². The molecule has 0 radical (unpaired) electrons. The average molecular weight is 368 g/mol. The van der Waals surface area contributed by atoms with Crippen molar-refractivity contribution in [1.29, 1.82) is 0 Å². The minimum atomic E-state index is -0.0795. The Kier molecular flexibility index (Phi) is 5.58. The highest BCUT2D eigenvalue weighted by atomic mass is 32.1. The van der Waals surface area contributed by atoms with E-state index >= 15 is 0 Å². The molecule has 3 rings (SSSR count). The van der Waals surface area contributed by atoms with Gasteiger partial charge in [-0.05, 0) is 36.1 Å². The van der Waals surface area contributed by atoms with Crippen LogP contribution in [0, 0.1) is 0 Å². The second-order valence-corrected chi connectivity index (χ2v) is 6.96. The zero-order chi connectivity index (χ0) is 18.5. The van der Waals surface area contributed by atoms with E-state index in [1.165, 1.54) is 17.7 Å². The number of hydrogen-bond acceptors (Lipinski definition) is 5. The average Bonchev–Trinajstić information content (AvgIpc) is 3.38. The molecule has 26 heavy (non-hydrogen) atoms. The molecule has 0 fully saturated rings. The summed E-state index contributed by atoms with van der Waals surface area (Å²) in [5.74, 6) is -0.0191. The van der Waals surface area contributed by atoms with E-state index < -0.39 is 0 Å². The number of carbonyl (C=O) groups excluding carboxylic acids is 2. The molecule has 0 N–H and O–H groups in total. The summed E-state index contributed by atoms with van der Waals surface area (Å²) in [5.41, 5.74) is 1.93. The van der Waals surface area contributed by atoms with Gasteiger partial charge in [0, 0.05) is 19.9 Å². The summed E-state index contributed by atoms with van der Waals surface area (Å²) in [4.78, 5) is 30.8. The van der Waals surface area contributed by atoms with Crippen LogP contribution in [-0.4, -0.2) is 38.4 Å². The minimum Gasteiger partial charge on any atom is -0.339 e. The lowest BCUT2D eigenvalue weighted by Gasteiger charge is -2.25. The molecule has 0 aliphatic heterocycles. The van der Waals surface area contributed by atoms with Crippen molar-refractivity contribution in [3.05, 3.63) is 64.9 Å². The van der Waals surface area contributed by atoms with E-state index in [2.05, 4.69) is 10.1 Å². The van der Waals surface area contributed by atoms with Crippen molar-refractivity contribution in [1.82, 2.24) is 19.7 Å². The standard InChI is InChI=1S/C19H20N4O2S/c1-14(15-5-7-16(8-6-15)23-13-20-12-21-23)22(2)19(25)10-9-17(24)18-4-3-11-26-18/h3-8,11-14H,9-10H2,1-2H3/t14-/m0/s1. The minimum absolute atomic E-state index is 0.0200. The van der Waals surface area contributed by atoms with Crippen LogP contribution in [0.4, 0.5) is 0 Å². The first-order valence-electron chi connectivity index (χ1n) is 8.33. The molecule has 0 bridgehead atoms. The van der Waals surface area contributed by atoms with Crippen LogP contribution >= 0.6 is 11.3 Å². The molecular weight excluding hydrogens is 348 g/mol. The summed E-state index contributed by atoms with van der Waals surface area (Å²) >= 11 is 1.41. The molecular formula is C19H20N4O2S. The highest BCUT2D eigenvalue weighted by Gasteiger charge is 2.19. The number of hydrogen-bond donors (Lipinski definition) is 0. The fourth-order valence-corrected chi connectivity index (χ4v) is 3.34. The maximum Gasteiger partial charge on any atom is 0.223 e. The Morgan fingerprint density at radius 3 is 2.58 bits per heavy atom. The number of thiophene rings is 1. The summed E-state index contributed by atoms with van der Waals surface area (Å²) < 4.78 is 1.68. The van der Waals surface area contributed by atoms with Crippen LogP contribution in [-0.2, 0) is 4.79 Å². The first-order valence-corrected chi connectivity index (χ1v) is 9.21. The summed E-state index contributed by atoms with van der Waals surface area (Å²) in [6, 6.07) is 11.4. The largest absolute Gasteiger partial charge is 0.339 e. The molecule has 0 saturated heterocycles. The molecule has 6 nitrogen and oxygen atoms in total. The van der Waals surface area contributed by atoms with Gasteiger partial charge in [0.1, 0.15) is 12.7 Å². The molecule has 0 saturated carbocycles. The van der Waals surface area contributed by atoms with Gasteiger partial charge in [0.15, 0.2) is 5.78 Å². The van der Waals surface area contributed by atoms with Gasteiger partial charge in [-0.25, -0.2) is 9.67 Å². The lowest BCUT2D eigenvalue weighted by molar-refractivity contribution is -0.131. The lowest BCUT2D eigenvalue weighted by atomic mass is 10.1. The van der Waals surface area contributed by atoms with Crippen LogP contribution < -0.4 is 0 Å². The lowest BCUT2D eigenvalue weighted by Crippen LogP contribution is -2.29. The van der Waals surface area contributed by atoms with Crippen LogP contribution in [0.1, 0.15) is 41.0 Å². The van der Waals surface area contributed by atoms with Crippen molar-refractivity contribution in [2.75, 3.05) is 7.05 Å². The molecule has 3 aromatic rings. The summed E-state index contributed by atoms with van der Waals surface area (Å²) in [5, 5.41) is 5.96. The van der Waals surface area contributed by atoms with E-state index in [-0.39, 0.29) is 30.6 Å². The van der Waals surface area contributed by atoms with Gasteiger partial charge in [-0.3, -0.25) is 9.59 Å². The Hall–Kier alpha value is -2.80. The Balaban J connectivity index is 1.58. The second kappa shape index (κ2) is 8.05. The first kappa shape index (κ1) is 18.0. The van der Waals surface area contributed by atoms with E-state index in [0.717, 1.165) is 11.3 Å².